The molecule has 5 rings (SSSR count). The fraction of sp³-hybridized carbons (Fsp3) is 0.0769. The number of nitrogens with zero attached hydrogens (tertiary/aromatic N) is 3. The largest absolute Gasteiger partial charge is 0.356 e. The molecule has 0 unspecified atom stereocenters. The number of hydrogen-bond acceptors (Lipinski definition) is 3. The molecular formula is C26H20ClN3O2. The molecule has 0 radical (unpaired) electrons. The van der Waals surface area contributed by atoms with Crippen molar-refractivity contribution in [3.63, 3.8) is 0 Å². The quantitative estimate of drug-likeness (QED) is 0.340. The van der Waals surface area contributed by atoms with Gasteiger partial charge in [-0.3, -0.25) is 13.9 Å². The van der Waals surface area contributed by atoms with Crippen molar-refractivity contribution in [2.24, 2.45) is 0 Å². The van der Waals surface area contributed by atoms with Gasteiger partial charge in [-0.25, -0.2) is 4.98 Å². The lowest BCUT2D eigenvalue weighted by Gasteiger charge is -2.11. The van der Waals surface area contributed by atoms with Crippen molar-refractivity contribution in [3.05, 3.63) is 118 Å². The molecule has 0 aliphatic heterocycles. The van der Waals surface area contributed by atoms with Gasteiger partial charge in [0, 0.05) is 10.7 Å². The van der Waals surface area contributed by atoms with Gasteiger partial charge in [-0.2, -0.15) is 0 Å². The van der Waals surface area contributed by atoms with E-state index in [0.717, 1.165) is 22.5 Å². The van der Waals surface area contributed by atoms with Crippen molar-refractivity contribution in [2.75, 3.05) is 0 Å². The van der Waals surface area contributed by atoms with E-state index in [4.69, 9.17) is 16.3 Å². The van der Waals surface area contributed by atoms with Gasteiger partial charge in [-0.1, -0.05) is 72.3 Å². The first-order chi connectivity index (χ1) is 15.7. The lowest BCUT2D eigenvalue weighted by atomic mass is 10.1. The summed E-state index contributed by atoms with van der Waals surface area (Å²) in [5.74, 6) is 0. The van der Waals surface area contributed by atoms with Crippen molar-refractivity contribution < 1.29 is 4.74 Å². The standard InChI is InChI=1S/C26H20ClN3O2/c27-21-11-13-22(14-12-21)30-24(20-9-5-2-6-10-20)15-23-25(30)28-17-29(26(23)31)18-32-16-19-7-3-1-4-8-19/h1-15,17H,16,18H2. The normalized spacial score (nSPS) is 11.2. The van der Waals surface area contributed by atoms with E-state index < -0.39 is 0 Å². The maximum absolute atomic E-state index is 13.3. The first kappa shape index (κ1) is 20.2. The molecule has 2 aromatic heterocycles. The van der Waals surface area contributed by atoms with Gasteiger partial charge in [-0.15, -0.1) is 0 Å². The zero-order valence-corrected chi connectivity index (χ0v) is 17.9. The third-order valence-electron chi connectivity index (χ3n) is 5.28. The Morgan fingerprint density at radius 2 is 1.56 bits per heavy atom. The van der Waals surface area contributed by atoms with Crippen LogP contribution < -0.4 is 5.56 Å². The minimum atomic E-state index is -0.145. The van der Waals surface area contributed by atoms with E-state index in [1.165, 1.54) is 10.9 Å². The number of hydrogen-bond donors (Lipinski definition) is 0. The monoisotopic (exact) mass is 441 g/mol. The summed E-state index contributed by atoms with van der Waals surface area (Å²) in [6, 6.07) is 29.2. The number of rotatable bonds is 6. The number of benzene rings is 3. The highest BCUT2D eigenvalue weighted by atomic mass is 35.5. The van der Waals surface area contributed by atoms with E-state index in [1.807, 2.05) is 95.6 Å². The van der Waals surface area contributed by atoms with Crippen LogP contribution in [0.4, 0.5) is 0 Å². The molecule has 5 nitrogen and oxygen atoms in total. The molecule has 0 spiro atoms. The Balaban J connectivity index is 1.56. The molecule has 32 heavy (non-hydrogen) atoms. The molecule has 0 bridgehead atoms. The van der Waals surface area contributed by atoms with Gasteiger partial charge < -0.3 is 4.74 Å². The Labute approximate surface area is 190 Å². The molecule has 0 saturated carbocycles. The third-order valence-corrected chi connectivity index (χ3v) is 5.53. The summed E-state index contributed by atoms with van der Waals surface area (Å²) in [6.45, 7) is 0.551. The Morgan fingerprint density at radius 1 is 0.875 bits per heavy atom. The maximum Gasteiger partial charge on any atom is 0.264 e. The average Bonchev–Trinajstić information content (AvgIpc) is 3.23. The van der Waals surface area contributed by atoms with Crippen LogP contribution in [0.1, 0.15) is 5.56 Å². The van der Waals surface area contributed by atoms with Crippen LogP contribution >= 0.6 is 11.6 Å². The van der Waals surface area contributed by atoms with Gasteiger partial charge in [0.15, 0.2) is 5.65 Å². The van der Waals surface area contributed by atoms with Crippen LogP contribution in [0.2, 0.25) is 5.02 Å². The molecule has 158 valence electrons. The van der Waals surface area contributed by atoms with Crippen LogP contribution in [0.3, 0.4) is 0 Å². The van der Waals surface area contributed by atoms with E-state index in [2.05, 4.69) is 4.98 Å². The number of fused-ring (bicyclic) bond motifs is 1. The Bertz CT molecular complexity index is 1410. The van der Waals surface area contributed by atoms with Crippen molar-refractivity contribution in [3.8, 4) is 16.9 Å². The molecule has 0 aliphatic rings. The molecule has 5 aromatic rings. The summed E-state index contributed by atoms with van der Waals surface area (Å²) in [7, 11) is 0. The molecule has 0 aliphatic carbocycles. The molecule has 2 heterocycles. The summed E-state index contributed by atoms with van der Waals surface area (Å²) in [4.78, 5) is 17.9. The van der Waals surface area contributed by atoms with E-state index in [0.29, 0.717) is 22.7 Å². The first-order valence-corrected chi connectivity index (χ1v) is 10.6. The van der Waals surface area contributed by atoms with Crippen molar-refractivity contribution in [1.29, 1.82) is 0 Å². The van der Waals surface area contributed by atoms with E-state index >= 15 is 0 Å². The van der Waals surface area contributed by atoms with Crippen LogP contribution in [0.25, 0.3) is 28.0 Å². The molecular weight excluding hydrogens is 422 g/mol. The zero-order chi connectivity index (χ0) is 21.9. The second-order valence-corrected chi connectivity index (χ2v) is 7.86. The number of ether oxygens (including phenoxy) is 1. The molecule has 0 fully saturated rings. The first-order valence-electron chi connectivity index (χ1n) is 10.2. The summed E-state index contributed by atoms with van der Waals surface area (Å²) in [5.41, 5.74) is 4.26. The van der Waals surface area contributed by atoms with Crippen LogP contribution in [-0.4, -0.2) is 14.1 Å². The predicted molar refractivity (Wildman–Crippen MR) is 127 cm³/mol. The highest BCUT2D eigenvalue weighted by molar-refractivity contribution is 6.30. The van der Waals surface area contributed by atoms with Gasteiger partial charge in [0.25, 0.3) is 5.56 Å². The minimum absolute atomic E-state index is 0.128. The van der Waals surface area contributed by atoms with Crippen molar-refractivity contribution >= 4 is 22.6 Å². The second-order valence-electron chi connectivity index (χ2n) is 7.43. The third kappa shape index (κ3) is 3.96. The van der Waals surface area contributed by atoms with Gasteiger partial charge in [0.1, 0.15) is 13.1 Å². The molecule has 6 heteroatoms. The lowest BCUT2D eigenvalue weighted by molar-refractivity contribution is 0.0614. The van der Waals surface area contributed by atoms with Gasteiger partial charge >= 0.3 is 0 Å². The average molecular weight is 442 g/mol. The molecule has 3 aromatic carbocycles. The predicted octanol–water partition coefficient (Wildman–Crippen LogP) is 5.68. The molecule has 0 atom stereocenters. The Hall–Kier alpha value is -3.67. The lowest BCUT2D eigenvalue weighted by Crippen LogP contribution is -2.21. The van der Waals surface area contributed by atoms with E-state index in [1.54, 1.807) is 0 Å². The molecule has 0 saturated heterocycles. The summed E-state index contributed by atoms with van der Waals surface area (Å²) < 4.78 is 9.23. The van der Waals surface area contributed by atoms with E-state index in [-0.39, 0.29) is 12.3 Å². The summed E-state index contributed by atoms with van der Waals surface area (Å²) in [5, 5.41) is 1.18. The Kier molecular flexibility index (Phi) is 5.58. The topological polar surface area (TPSA) is 49.0 Å². The number of halogens is 1. The highest BCUT2D eigenvalue weighted by Gasteiger charge is 2.17. The van der Waals surface area contributed by atoms with Crippen molar-refractivity contribution in [1.82, 2.24) is 14.1 Å². The summed E-state index contributed by atoms with van der Waals surface area (Å²) >= 11 is 6.09. The van der Waals surface area contributed by atoms with Crippen LogP contribution in [-0.2, 0) is 18.1 Å². The van der Waals surface area contributed by atoms with Crippen LogP contribution in [0, 0.1) is 0 Å². The van der Waals surface area contributed by atoms with Gasteiger partial charge in [-0.05, 0) is 41.5 Å². The summed E-state index contributed by atoms with van der Waals surface area (Å²) in [6.07, 6.45) is 1.54. The fourth-order valence-electron chi connectivity index (χ4n) is 3.72. The Morgan fingerprint density at radius 3 is 2.28 bits per heavy atom. The van der Waals surface area contributed by atoms with Gasteiger partial charge in [0.05, 0.1) is 17.7 Å². The number of aromatic nitrogens is 3. The highest BCUT2D eigenvalue weighted by Crippen LogP contribution is 2.29. The zero-order valence-electron chi connectivity index (χ0n) is 17.2. The molecule has 0 N–H and O–H groups in total. The SMILES string of the molecule is O=c1c2cc(-c3ccccc3)n(-c3ccc(Cl)cc3)c2ncn1COCc1ccccc1. The van der Waals surface area contributed by atoms with E-state index in [9.17, 15) is 4.79 Å². The maximum atomic E-state index is 13.3. The van der Waals surface area contributed by atoms with Crippen LogP contribution in [0.15, 0.2) is 102 Å². The van der Waals surface area contributed by atoms with Crippen molar-refractivity contribution in [2.45, 2.75) is 13.3 Å². The van der Waals surface area contributed by atoms with Crippen LogP contribution in [0.5, 0.6) is 0 Å². The molecule has 0 amide bonds. The van der Waals surface area contributed by atoms with Gasteiger partial charge in [0.2, 0.25) is 0 Å². The minimum Gasteiger partial charge on any atom is -0.356 e. The second kappa shape index (κ2) is 8.83. The fourth-order valence-corrected chi connectivity index (χ4v) is 3.84. The smallest absolute Gasteiger partial charge is 0.264 e.